The van der Waals surface area contributed by atoms with Crippen LogP contribution in [0.25, 0.3) is 17.2 Å². The smallest absolute Gasteiger partial charge is 0.251 e. The SMILES string of the molecule is O=C(NCC(=O)N1CCC2(C=Cc3cc(-c4ccccc4)ccc3O2)CC1)c1ccccc1. The van der Waals surface area contributed by atoms with E-state index in [1.54, 1.807) is 24.3 Å². The van der Waals surface area contributed by atoms with Gasteiger partial charge in [-0.15, -0.1) is 0 Å². The fourth-order valence-electron chi connectivity index (χ4n) is 4.44. The molecule has 0 aliphatic carbocycles. The number of hydrogen-bond donors (Lipinski definition) is 1. The summed E-state index contributed by atoms with van der Waals surface area (Å²) in [6.07, 6.45) is 5.73. The van der Waals surface area contributed by atoms with Gasteiger partial charge in [0, 0.05) is 37.1 Å². The summed E-state index contributed by atoms with van der Waals surface area (Å²) in [6, 6.07) is 25.5. The molecule has 5 rings (SSSR count). The molecular formula is C28H26N2O3. The van der Waals surface area contributed by atoms with E-state index in [1.165, 1.54) is 5.56 Å². The molecule has 5 heteroatoms. The molecule has 1 spiro atoms. The van der Waals surface area contributed by atoms with Gasteiger partial charge < -0.3 is 15.0 Å². The summed E-state index contributed by atoms with van der Waals surface area (Å²) in [5.41, 5.74) is 3.59. The minimum absolute atomic E-state index is 0.00250. The molecule has 2 heterocycles. The molecule has 0 atom stereocenters. The summed E-state index contributed by atoms with van der Waals surface area (Å²) in [6.45, 7) is 1.20. The third-order valence-electron chi connectivity index (χ3n) is 6.40. The number of nitrogens with one attached hydrogen (secondary N) is 1. The first-order valence-corrected chi connectivity index (χ1v) is 11.3. The van der Waals surface area contributed by atoms with Gasteiger partial charge in [0.05, 0.1) is 6.54 Å². The van der Waals surface area contributed by atoms with Gasteiger partial charge in [0.25, 0.3) is 5.91 Å². The van der Waals surface area contributed by atoms with E-state index in [1.807, 2.05) is 35.2 Å². The molecule has 3 aromatic rings. The van der Waals surface area contributed by atoms with Crippen LogP contribution in [-0.2, 0) is 4.79 Å². The van der Waals surface area contributed by atoms with E-state index in [-0.39, 0.29) is 24.0 Å². The van der Waals surface area contributed by atoms with Crippen molar-refractivity contribution in [1.82, 2.24) is 10.2 Å². The number of hydrogen-bond acceptors (Lipinski definition) is 3. The number of amides is 2. The second-order valence-electron chi connectivity index (χ2n) is 8.55. The number of piperidine rings is 1. The number of nitrogens with zero attached hydrogens (tertiary/aromatic N) is 1. The Morgan fingerprint density at radius 1 is 0.879 bits per heavy atom. The van der Waals surface area contributed by atoms with Crippen LogP contribution < -0.4 is 10.1 Å². The largest absolute Gasteiger partial charge is 0.482 e. The first kappa shape index (κ1) is 21.0. The van der Waals surface area contributed by atoms with Crippen molar-refractivity contribution >= 4 is 17.9 Å². The van der Waals surface area contributed by atoms with Crippen molar-refractivity contribution in [2.45, 2.75) is 18.4 Å². The zero-order chi connectivity index (χ0) is 22.7. The summed E-state index contributed by atoms with van der Waals surface area (Å²) in [5.74, 6) is 0.580. The summed E-state index contributed by atoms with van der Waals surface area (Å²) < 4.78 is 6.44. The highest BCUT2D eigenvalue weighted by Crippen LogP contribution is 2.38. The molecule has 2 aliphatic heterocycles. The van der Waals surface area contributed by atoms with E-state index in [0.717, 1.165) is 29.7 Å². The second kappa shape index (κ2) is 8.94. The van der Waals surface area contributed by atoms with E-state index in [0.29, 0.717) is 18.7 Å². The maximum atomic E-state index is 12.6. The van der Waals surface area contributed by atoms with Crippen molar-refractivity contribution in [1.29, 1.82) is 0 Å². The molecule has 2 aliphatic rings. The number of likely N-dealkylation sites (tertiary alicyclic amines) is 1. The Morgan fingerprint density at radius 3 is 2.30 bits per heavy atom. The Labute approximate surface area is 193 Å². The fraction of sp³-hybridized carbons (Fsp3) is 0.214. The zero-order valence-electron chi connectivity index (χ0n) is 18.4. The van der Waals surface area contributed by atoms with Gasteiger partial charge >= 0.3 is 0 Å². The molecule has 5 nitrogen and oxygen atoms in total. The molecule has 0 saturated carbocycles. The number of ether oxygens (including phenoxy) is 1. The predicted octanol–water partition coefficient (Wildman–Crippen LogP) is 4.55. The van der Waals surface area contributed by atoms with Crippen molar-refractivity contribution in [2.24, 2.45) is 0 Å². The van der Waals surface area contributed by atoms with Gasteiger partial charge in [-0.1, -0.05) is 60.7 Å². The molecule has 0 bridgehead atoms. The van der Waals surface area contributed by atoms with E-state index >= 15 is 0 Å². The summed E-state index contributed by atoms with van der Waals surface area (Å²) in [7, 11) is 0. The van der Waals surface area contributed by atoms with Crippen molar-refractivity contribution in [3.05, 3.63) is 96.1 Å². The Kier molecular flexibility index (Phi) is 5.69. The van der Waals surface area contributed by atoms with Crippen molar-refractivity contribution in [3.8, 4) is 16.9 Å². The number of rotatable bonds is 4. The maximum Gasteiger partial charge on any atom is 0.251 e. The normalized spacial score (nSPS) is 16.1. The monoisotopic (exact) mass is 438 g/mol. The van der Waals surface area contributed by atoms with Crippen LogP contribution in [0.4, 0.5) is 0 Å². The van der Waals surface area contributed by atoms with Gasteiger partial charge in [-0.3, -0.25) is 9.59 Å². The van der Waals surface area contributed by atoms with Gasteiger partial charge in [-0.25, -0.2) is 0 Å². The van der Waals surface area contributed by atoms with Crippen molar-refractivity contribution in [2.75, 3.05) is 19.6 Å². The van der Waals surface area contributed by atoms with Crippen molar-refractivity contribution < 1.29 is 14.3 Å². The molecule has 1 saturated heterocycles. The van der Waals surface area contributed by atoms with Crippen LogP contribution in [0.1, 0.15) is 28.8 Å². The van der Waals surface area contributed by atoms with E-state index < -0.39 is 0 Å². The van der Waals surface area contributed by atoms with Gasteiger partial charge in [0.1, 0.15) is 11.4 Å². The van der Waals surface area contributed by atoms with Crippen LogP contribution in [0.3, 0.4) is 0 Å². The fourth-order valence-corrected chi connectivity index (χ4v) is 4.44. The zero-order valence-corrected chi connectivity index (χ0v) is 18.4. The maximum absolute atomic E-state index is 12.6. The Balaban J connectivity index is 1.18. The quantitative estimate of drug-likeness (QED) is 0.650. The summed E-state index contributed by atoms with van der Waals surface area (Å²) in [4.78, 5) is 26.6. The molecule has 3 aromatic carbocycles. The van der Waals surface area contributed by atoms with Crippen LogP contribution in [0.2, 0.25) is 0 Å². The number of carbonyl (C=O) groups excluding carboxylic acids is 2. The molecule has 166 valence electrons. The van der Waals surface area contributed by atoms with Gasteiger partial charge in [0.2, 0.25) is 5.91 Å². The Bertz CT molecular complexity index is 1180. The lowest BCUT2D eigenvalue weighted by Gasteiger charge is -2.42. The van der Waals surface area contributed by atoms with Gasteiger partial charge in [0.15, 0.2) is 0 Å². The lowest BCUT2D eigenvalue weighted by molar-refractivity contribution is -0.132. The summed E-state index contributed by atoms with van der Waals surface area (Å²) in [5, 5.41) is 2.72. The summed E-state index contributed by atoms with van der Waals surface area (Å²) >= 11 is 0. The van der Waals surface area contributed by atoms with Crippen LogP contribution in [-0.4, -0.2) is 41.9 Å². The molecule has 1 N–H and O–H groups in total. The Morgan fingerprint density at radius 2 is 1.58 bits per heavy atom. The second-order valence-corrected chi connectivity index (χ2v) is 8.55. The van der Waals surface area contributed by atoms with E-state index in [9.17, 15) is 9.59 Å². The average molecular weight is 439 g/mol. The number of carbonyl (C=O) groups is 2. The third-order valence-corrected chi connectivity index (χ3v) is 6.40. The Hall–Kier alpha value is -3.86. The minimum atomic E-state index is -0.384. The minimum Gasteiger partial charge on any atom is -0.482 e. The molecule has 0 radical (unpaired) electrons. The van der Waals surface area contributed by atoms with Crippen LogP contribution >= 0.6 is 0 Å². The number of fused-ring (bicyclic) bond motifs is 1. The van der Waals surface area contributed by atoms with Gasteiger partial charge in [-0.2, -0.15) is 0 Å². The molecule has 1 fully saturated rings. The molecule has 2 amide bonds. The molecule has 0 aromatic heterocycles. The van der Waals surface area contributed by atoms with E-state index in [2.05, 4.69) is 41.7 Å². The van der Waals surface area contributed by atoms with Gasteiger partial charge in [-0.05, 0) is 41.5 Å². The first-order valence-electron chi connectivity index (χ1n) is 11.3. The molecular weight excluding hydrogens is 412 g/mol. The van der Waals surface area contributed by atoms with Crippen LogP contribution in [0, 0.1) is 0 Å². The highest BCUT2D eigenvalue weighted by atomic mass is 16.5. The van der Waals surface area contributed by atoms with Crippen molar-refractivity contribution in [3.63, 3.8) is 0 Å². The lowest BCUT2D eigenvalue weighted by Crippen LogP contribution is -2.51. The molecule has 33 heavy (non-hydrogen) atoms. The third kappa shape index (κ3) is 4.53. The number of benzene rings is 3. The lowest BCUT2D eigenvalue weighted by atomic mass is 9.87. The van der Waals surface area contributed by atoms with E-state index in [4.69, 9.17) is 4.74 Å². The first-order chi connectivity index (χ1) is 16.1. The average Bonchev–Trinajstić information content (AvgIpc) is 2.88. The van der Waals surface area contributed by atoms with Crippen LogP contribution in [0.5, 0.6) is 5.75 Å². The highest BCUT2D eigenvalue weighted by molar-refractivity contribution is 5.96. The molecule has 0 unspecified atom stereocenters. The predicted molar refractivity (Wildman–Crippen MR) is 129 cm³/mol. The standard InChI is InChI=1S/C28H26N2O3/c31-26(20-29-27(32)22-9-5-2-6-10-22)30-17-15-28(16-18-30)14-13-24-19-23(11-12-25(24)33-28)21-7-3-1-4-8-21/h1-14,19H,15-18,20H2,(H,29,32). The topological polar surface area (TPSA) is 58.6 Å². The van der Waals surface area contributed by atoms with Crippen LogP contribution in [0.15, 0.2) is 84.9 Å². The highest BCUT2D eigenvalue weighted by Gasteiger charge is 2.37.